The van der Waals surface area contributed by atoms with Crippen molar-refractivity contribution in [1.82, 2.24) is 5.32 Å². The summed E-state index contributed by atoms with van der Waals surface area (Å²) in [5, 5.41) is 3.18. The van der Waals surface area contributed by atoms with Gasteiger partial charge in [0.25, 0.3) is 5.91 Å². The Morgan fingerprint density at radius 3 is 2.86 bits per heavy atom. The van der Waals surface area contributed by atoms with Gasteiger partial charge in [0.2, 0.25) is 0 Å². The minimum Gasteiger partial charge on any atom is -0.352 e. The zero-order valence-corrected chi connectivity index (χ0v) is 8.56. The van der Waals surface area contributed by atoms with Gasteiger partial charge in [0, 0.05) is 11.6 Å². The van der Waals surface area contributed by atoms with E-state index in [4.69, 9.17) is 17.4 Å². The Morgan fingerprint density at radius 2 is 2.29 bits per heavy atom. The molecule has 0 aliphatic carbocycles. The van der Waals surface area contributed by atoms with Crippen molar-refractivity contribution in [3.63, 3.8) is 0 Å². The van der Waals surface area contributed by atoms with E-state index in [1.165, 1.54) is 0 Å². The first kappa shape index (κ1) is 10.8. The highest BCUT2D eigenvalue weighted by molar-refractivity contribution is 6.31. The normalized spacial score (nSPS) is 9.64. The maximum Gasteiger partial charge on any atom is 0.253 e. The minimum absolute atomic E-state index is 0.192. The Hall–Kier alpha value is -1.26. The molecule has 0 bridgehead atoms. The molecule has 1 amide bonds. The number of carbonyl (C=O) groups excluding carboxylic acids is 1. The molecule has 0 heterocycles. The molecule has 0 spiro atoms. The van der Waals surface area contributed by atoms with Gasteiger partial charge in [-0.1, -0.05) is 11.6 Å². The second-order valence-corrected chi connectivity index (χ2v) is 3.13. The Labute approximate surface area is 87.4 Å². The first-order valence-corrected chi connectivity index (χ1v) is 4.61. The number of nitrogens with one attached hydrogen (secondary N) is 2. The maximum atomic E-state index is 11.5. The third-order valence-corrected chi connectivity index (χ3v) is 1.95. The number of carbonyl (C=O) groups is 1. The predicted octanol–water partition coefficient (Wildman–Crippen LogP) is 1.38. The van der Waals surface area contributed by atoms with Crippen LogP contribution >= 0.6 is 11.6 Å². The van der Waals surface area contributed by atoms with Gasteiger partial charge in [0.05, 0.1) is 11.3 Å². The van der Waals surface area contributed by atoms with Crippen LogP contribution in [0.2, 0.25) is 5.02 Å². The third-order valence-electron chi connectivity index (χ3n) is 1.72. The molecule has 4 N–H and O–H groups in total. The lowest BCUT2D eigenvalue weighted by Crippen LogP contribution is -2.24. The molecule has 0 aliphatic heterocycles. The molecule has 0 atom stereocenters. The monoisotopic (exact) mass is 213 g/mol. The number of anilines is 1. The number of nitrogens with two attached hydrogens (primary N) is 1. The van der Waals surface area contributed by atoms with E-state index < -0.39 is 0 Å². The van der Waals surface area contributed by atoms with E-state index in [1.54, 1.807) is 18.2 Å². The van der Waals surface area contributed by atoms with E-state index >= 15 is 0 Å². The van der Waals surface area contributed by atoms with Crippen molar-refractivity contribution in [3.05, 3.63) is 28.8 Å². The first-order chi connectivity index (χ1) is 6.69. The molecule has 0 aromatic heterocycles. The standard InChI is InChI=1S/C9H12ClN3O/c1-2-12-9(14)7-5-6(10)3-4-8(7)13-11/h3-5,13H,2,11H2,1H3,(H,12,14). The van der Waals surface area contributed by atoms with Crippen molar-refractivity contribution in [2.45, 2.75) is 6.92 Å². The van der Waals surface area contributed by atoms with Crippen LogP contribution in [-0.4, -0.2) is 12.5 Å². The molecule has 0 radical (unpaired) electrons. The van der Waals surface area contributed by atoms with Gasteiger partial charge in [-0.15, -0.1) is 0 Å². The number of rotatable bonds is 3. The van der Waals surface area contributed by atoms with Crippen LogP contribution < -0.4 is 16.6 Å². The molecule has 4 nitrogen and oxygen atoms in total. The van der Waals surface area contributed by atoms with Crippen molar-refractivity contribution < 1.29 is 4.79 Å². The second kappa shape index (κ2) is 4.83. The number of halogens is 1. The van der Waals surface area contributed by atoms with E-state index in [1.807, 2.05) is 6.92 Å². The summed E-state index contributed by atoms with van der Waals surface area (Å²) in [4.78, 5) is 11.5. The van der Waals surface area contributed by atoms with Crippen LogP contribution in [0.4, 0.5) is 5.69 Å². The zero-order chi connectivity index (χ0) is 10.6. The van der Waals surface area contributed by atoms with Gasteiger partial charge in [-0.05, 0) is 25.1 Å². The summed E-state index contributed by atoms with van der Waals surface area (Å²) in [7, 11) is 0. The smallest absolute Gasteiger partial charge is 0.253 e. The molecule has 0 saturated heterocycles. The molecule has 0 unspecified atom stereocenters. The number of benzene rings is 1. The van der Waals surface area contributed by atoms with Crippen LogP contribution in [-0.2, 0) is 0 Å². The molecule has 0 saturated carbocycles. The molecule has 14 heavy (non-hydrogen) atoms. The lowest BCUT2D eigenvalue weighted by molar-refractivity contribution is 0.0956. The van der Waals surface area contributed by atoms with Crippen molar-refractivity contribution in [2.24, 2.45) is 5.84 Å². The van der Waals surface area contributed by atoms with E-state index in [9.17, 15) is 4.79 Å². The minimum atomic E-state index is -0.192. The van der Waals surface area contributed by atoms with Gasteiger partial charge in [0.1, 0.15) is 0 Å². The van der Waals surface area contributed by atoms with E-state index in [2.05, 4.69) is 10.7 Å². The highest BCUT2D eigenvalue weighted by Gasteiger charge is 2.09. The van der Waals surface area contributed by atoms with Crippen LogP contribution in [0, 0.1) is 0 Å². The molecule has 5 heteroatoms. The van der Waals surface area contributed by atoms with Crippen LogP contribution in [0.25, 0.3) is 0 Å². The van der Waals surface area contributed by atoms with Crippen molar-refractivity contribution in [1.29, 1.82) is 0 Å². The Morgan fingerprint density at radius 1 is 1.57 bits per heavy atom. The van der Waals surface area contributed by atoms with Gasteiger partial charge in [-0.2, -0.15) is 0 Å². The number of nitrogen functional groups attached to an aromatic ring is 1. The fourth-order valence-electron chi connectivity index (χ4n) is 1.09. The Kier molecular flexibility index (Phi) is 3.73. The van der Waals surface area contributed by atoms with Gasteiger partial charge in [0.15, 0.2) is 0 Å². The topological polar surface area (TPSA) is 67.2 Å². The molecule has 0 fully saturated rings. The lowest BCUT2D eigenvalue weighted by Gasteiger charge is -2.08. The summed E-state index contributed by atoms with van der Waals surface area (Å²) in [6.07, 6.45) is 0. The van der Waals surface area contributed by atoms with Gasteiger partial charge >= 0.3 is 0 Å². The average Bonchev–Trinajstić information content (AvgIpc) is 2.18. The Balaban J connectivity index is 3.03. The van der Waals surface area contributed by atoms with Gasteiger partial charge < -0.3 is 10.7 Å². The van der Waals surface area contributed by atoms with Crippen molar-refractivity contribution in [2.75, 3.05) is 12.0 Å². The second-order valence-electron chi connectivity index (χ2n) is 2.69. The van der Waals surface area contributed by atoms with Gasteiger partial charge in [-0.25, -0.2) is 0 Å². The van der Waals surface area contributed by atoms with E-state index in [-0.39, 0.29) is 5.91 Å². The number of hydrogen-bond donors (Lipinski definition) is 3. The predicted molar refractivity (Wildman–Crippen MR) is 57.3 cm³/mol. The SMILES string of the molecule is CCNC(=O)c1cc(Cl)ccc1NN. The van der Waals surface area contributed by atoms with E-state index in [0.717, 1.165) is 0 Å². The fourth-order valence-corrected chi connectivity index (χ4v) is 1.26. The van der Waals surface area contributed by atoms with Crippen LogP contribution in [0.15, 0.2) is 18.2 Å². The van der Waals surface area contributed by atoms with E-state index in [0.29, 0.717) is 22.8 Å². The molecular weight excluding hydrogens is 202 g/mol. The summed E-state index contributed by atoms with van der Waals surface area (Å²) >= 11 is 5.77. The number of hydrazine groups is 1. The summed E-state index contributed by atoms with van der Waals surface area (Å²) in [6, 6.07) is 4.90. The first-order valence-electron chi connectivity index (χ1n) is 4.23. The number of hydrogen-bond acceptors (Lipinski definition) is 3. The average molecular weight is 214 g/mol. The van der Waals surface area contributed by atoms with Gasteiger partial charge in [-0.3, -0.25) is 10.6 Å². The number of amides is 1. The zero-order valence-electron chi connectivity index (χ0n) is 7.80. The molecular formula is C9H12ClN3O. The maximum absolute atomic E-state index is 11.5. The summed E-state index contributed by atoms with van der Waals surface area (Å²) in [5.41, 5.74) is 3.44. The van der Waals surface area contributed by atoms with Crippen LogP contribution in [0.1, 0.15) is 17.3 Å². The molecule has 76 valence electrons. The lowest BCUT2D eigenvalue weighted by atomic mass is 10.1. The third kappa shape index (κ3) is 2.37. The summed E-state index contributed by atoms with van der Waals surface area (Å²) in [5.74, 6) is 5.07. The quantitative estimate of drug-likeness (QED) is 0.525. The molecule has 1 rings (SSSR count). The largest absolute Gasteiger partial charge is 0.352 e. The summed E-state index contributed by atoms with van der Waals surface area (Å²) in [6.45, 7) is 2.41. The highest BCUT2D eigenvalue weighted by atomic mass is 35.5. The molecule has 1 aromatic rings. The highest BCUT2D eigenvalue weighted by Crippen LogP contribution is 2.19. The van der Waals surface area contributed by atoms with Crippen LogP contribution in [0.5, 0.6) is 0 Å². The van der Waals surface area contributed by atoms with Crippen LogP contribution in [0.3, 0.4) is 0 Å². The van der Waals surface area contributed by atoms with Crippen molar-refractivity contribution in [3.8, 4) is 0 Å². The van der Waals surface area contributed by atoms with Crippen molar-refractivity contribution >= 4 is 23.2 Å². The Bertz CT molecular complexity index is 341. The molecule has 1 aromatic carbocycles. The summed E-state index contributed by atoms with van der Waals surface area (Å²) < 4.78 is 0. The fraction of sp³-hybridized carbons (Fsp3) is 0.222. The molecule has 0 aliphatic rings.